The van der Waals surface area contributed by atoms with Crippen molar-refractivity contribution in [2.24, 2.45) is 5.92 Å². The zero-order valence-electron chi connectivity index (χ0n) is 43.3. The fourth-order valence-corrected chi connectivity index (χ4v) is 10.8. The molecule has 0 heterocycles. The summed E-state index contributed by atoms with van der Waals surface area (Å²) in [5, 5.41) is 155. The quantitative estimate of drug-likeness (QED) is 0.0215. The molecule has 2 amide bonds. The topological polar surface area (TPSA) is 504 Å². The van der Waals surface area contributed by atoms with Crippen LogP contribution in [-0.4, -0.2) is 262 Å². The number of amides is 2. The van der Waals surface area contributed by atoms with Gasteiger partial charge in [0.1, 0.15) is 61.9 Å². The number of aliphatic hydroxyl groups is 10. The molecule has 33 heteroatoms. The van der Waals surface area contributed by atoms with Gasteiger partial charge in [-0.05, 0) is 105 Å². The van der Waals surface area contributed by atoms with Gasteiger partial charge in [-0.15, -0.1) is 0 Å². The number of nitrogens with one attached hydrogen (secondary N) is 2. The summed E-state index contributed by atoms with van der Waals surface area (Å²) in [6.07, 6.45) is -8.51. The van der Waals surface area contributed by atoms with E-state index in [4.69, 9.17) is 30.6 Å². The number of hydrogen-bond acceptors (Lipinski definition) is 25. The van der Waals surface area contributed by atoms with Gasteiger partial charge in [-0.1, -0.05) is 13.3 Å². The molecule has 0 saturated carbocycles. The van der Waals surface area contributed by atoms with Crippen LogP contribution in [-0.2, 0) is 40.0 Å². The Kier molecular flexibility index (Phi) is 47.4. The second kappa shape index (κ2) is 45.9. The van der Waals surface area contributed by atoms with E-state index < -0.39 is 130 Å². The molecule has 0 aliphatic rings. The number of anilines is 1. The average Bonchev–Trinajstić information content (AvgIpc) is 3.35. The van der Waals surface area contributed by atoms with Crippen molar-refractivity contribution >= 4 is 115 Å². The van der Waals surface area contributed by atoms with Crippen LogP contribution in [0.15, 0.2) is 6.07 Å². The van der Waals surface area contributed by atoms with E-state index >= 15 is 0 Å². The third-order valence-corrected chi connectivity index (χ3v) is 14.1. The molecule has 451 valence electrons. The van der Waals surface area contributed by atoms with Crippen LogP contribution in [0.5, 0.6) is 0 Å². The van der Waals surface area contributed by atoms with Gasteiger partial charge in [0.25, 0.3) is 0 Å². The summed E-state index contributed by atoms with van der Waals surface area (Å²) in [5.41, 5.74) is 1.45. The third kappa shape index (κ3) is 36.1. The monoisotopic (exact) mass is 1600 g/mol. The Balaban J connectivity index is -0.00000169. The Hall–Kier alpha value is -1.58. The van der Waals surface area contributed by atoms with Gasteiger partial charge in [0.05, 0.1) is 63.4 Å². The first-order chi connectivity index (χ1) is 36.0. The summed E-state index contributed by atoms with van der Waals surface area (Å²) in [7, 11) is 3.40. The number of rotatable bonds is 39. The minimum atomic E-state index is -1.55. The van der Waals surface area contributed by atoms with E-state index in [1.165, 1.54) is 9.80 Å². The molecule has 1 aromatic carbocycles. The molecule has 0 saturated heterocycles. The number of aliphatic hydroxyl groups excluding tert-OH is 10. The van der Waals surface area contributed by atoms with E-state index in [2.05, 4.69) is 78.4 Å². The Morgan fingerprint density at radius 1 is 0.577 bits per heavy atom. The number of aliphatic carboxylic acids is 5. The predicted octanol–water partition coefficient (Wildman–Crippen LogP) is -13.4. The molecular formula is C45H75GdI3N7O22. The van der Waals surface area contributed by atoms with Gasteiger partial charge in [-0.2, -0.15) is 0 Å². The number of benzene rings is 1. The summed E-state index contributed by atoms with van der Waals surface area (Å²) in [4.78, 5) is 84.6. The molecule has 0 aliphatic carbocycles. The summed E-state index contributed by atoms with van der Waals surface area (Å²) in [6.45, 7) is -2.41. The normalized spacial score (nSPS) is 14.7. The molecule has 9 atom stereocenters. The van der Waals surface area contributed by atoms with E-state index in [0.717, 1.165) is 21.2 Å². The fraction of sp³-hybridized carbons (Fsp3) is 0.711. The van der Waals surface area contributed by atoms with Crippen molar-refractivity contribution in [3.63, 3.8) is 0 Å². The van der Waals surface area contributed by atoms with E-state index in [1.54, 1.807) is 31.7 Å². The number of halogens is 3. The maximum absolute atomic E-state index is 12.7. The zero-order valence-corrected chi connectivity index (χ0v) is 52.0. The number of nitrogens with two attached hydrogens (primary N) is 2. The minimum absolute atomic E-state index is 0. The van der Waals surface area contributed by atoms with E-state index in [1.807, 2.05) is 6.07 Å². The maximum atomic E-state index is 12.7. The minimum Gasteiger partial charge on any atom is -0.550 e. The number of quaternary nitrogens is 2. The van der Waals surface area contributed by atoms with Crippen molar-refractivity contribution in [3.8, 4) is 0 Å². The van der Waals surface area contributed by atoms with Gasteiger partial charge in [-0.3, -0.25) is 24.3 Å². The van der Waals surface area contributed by atoms with Crippen molar-refractivity contribution in [2.45, 2.75) is 94.3 Å². The van der Waals surface area contributed by atoms with Crippen LogP contribution in [0.4, 0.5) is 5.69 Å². The van der Waals surface area contributed by atoms with E-state index in [-0.39, 0.29) is 111 Å². The second-order valence-corrected chi connectivity index (χ2v) is 20.8. The number of nitrogens with zero attached hydrogens (tertiary/aromatic N) is 3. The summed E-state index contributed by atoms with van der Waals surface area (Å²) < 4.78 is 2.48. The smallest absolute Gasteiger partial charge is 0.550 e. The molecule has 0 bridgehead atoms. The standard InChI is InChI=1S/C31H44I3N5O12.2C7H17NO5.Gd/c1-2-19(31(50)51)12-20-21(32)13-22(33)30(29(20)34)36-23(40)6-4-3-5-7-35-24(41)14-38(16-26(44)45)10-8-37(15-25(42)43)9-11-39(17-27(46)47)18-28(48)49;2*1-8-2-4(10)6(12)7(13)5(11)3-9;/h13,19H,2-12,14-18H2,1H3,(H,35,41)(H,36,40)(H,42,43)(H,44,45)(H,46,47)(H,48,49)(H,50,51);2*4-13H,2-3H2,1H3;/q;;;+3/p-3/t;2*4-,5+,6+,7+;/m.00./s1. The zero-order chi connectivity index (χ0) is 59.5. The molecule has 0 fully saturated rings. The van der Waals surface area contributed by atoms with Crippen LogP contribution in [0.25, 0.3) is 0 Å². The third-order valence-electron chi connectivity index (χ3n) is 11.1. The van der Waals surface area contributed by atoms with Crippen LogP contribution in [0.1, 0.15) is 44.6 Å². The van der Waals surface area contributed by atoms with Crippen molar-refractivity contribution in [2.75, 3.05) is 111 Å². The van der Waals surface area contributed by atoms with Crippen LogP contribution in [0.2, 0.25) is 0 Å². The number of unbranched alkanes of at least 4 members (excludes halogenated alkanes) is 2. The van der Waals surface area contributed by atoms with Gasteiger partial charge in [-0.25, -0.2) is 0 Å². The van der Waals surface area contributed by atoms with Crippen LogP contribution < -0.4 is 46.8 Å². The van der Waals surface area contributed by atoms with Crippen molar-refractivity contribution < 1.29 is 161 Å². The molecule has 0 spiro atoms. The van der Waals surface area contributed by atoms with Crippen molar-refractivity contribution in [1.82, 2.24) is 20.0 Å². The first-order valence-corrected chi connectivity index (χ1v) is 27.4. The molecule has 1 rings (SSSR count). The van der Waals surface area contributed by atoms with E-state index in [0.29, 0.717) is 31.4 Å². The molecule has 0 aromatic heterocycles. The molecule has 1 aromatic rings. The summed E-state index contributed by atoms with van der Waals surface area (Å²) in [5.74, 6) is -8.53. The molecule has 29 nitrogen and oxygen atoms in total. The van der Waals surface area contributed by atoms with E-state index in [9.17, 15) is 79.5 Å². The maximum Gasteiger partial charge on any atom is 3.00 e. The number of carboxylic acid groups (broad SMARTS) is 5. The molecule has 1 radical (unpaired) electrons. The predicted molar refractivity (Wildman–Crippen MR) is 284 cm³/mol. The van der Waals surface area contributed by atoms with Crippen LogP contribution in [0, 0.1) is 56.6 Å². The largest absolute Gasteiger partial charge is 3.00 e. The molecular weight excluding hydrogens is 1530 g/mol. The Morgan fingerprint density at radius 3 is 1.36 bits per heavy atom. The SMILES string of the molecule is CCC(Cc1c(I)cc(I)c(NC(=O)CCCCCNC(=O)CN(CCN(CCN(CC(=O)[O-])CC(=O)[O-])CC(=O)[O-])CC(=O)[O-])c1I)C(=O)[O-].C[NH2+]C[C@H](O)[C@@H](O)[C@H](O)[C@H](O)CO.C[NH2+]C[C@H](O)[C@@H](O)[C@H](O)[C@H](O)CO.[Gd+3]. The number of likely N-dealkylation sites (N-methyl/N-ethyl adjacent to an activating group) is 2. The molecule has 0 aliphatic heterocycles. The Bertz CT molecular complexity index is 1900. The fourth-order valence-electron chi connectivity index (χ4n) is 6.73. The number of hydrogen-bond donors (Lipinski definition) is 14. The molecule has 1 unspecified atom stereocenters. The number of carboxylic acids is 5. The number of carbonyl (C=O) groups excluding carboxylic acids is 7. The second-order valence-electron chi connectivity index (χ2n) is 17.4. The van der Waals surface area contributed by atoms with Crippen molar-refractivity contribution in [1.29, 1.82) is 0 Å². The molecule has 16 N–H and O–H groups in total. The van der Waals surface area contributed by atoms with Gasteiger partial charge >= 0.3 is 39.9 Å². The summed E-state index contributed by atoms with van der Waals surface area (Å²) >= 11 is 6.38. The molecule has 78 heavy (non-hydrogen) atoms. The van der Waals surface area contributed by atoms with Gasteiger partial charge in [0, 0.05) is 87.9 Å². The van der Waals surface area contributed by atoms with Crippen molar-refractivity contribution in [3.05, 3.63) is 22.3 Å². The Labute approximate surface area is 524 Å². The Morgan fingerprint density at radius 2 is 0.974 bits per heavy atom. The van der Waals surface area contributed by atoms with Gasteiger partial charge in [0.15, 0.2) is 0 Å². The van der Waals surface area contributed by atoms with Gasteiger partial charge < -0.3 is 122 Å². The van der Waals surface area contributed by atoms with Crippen LogP contribution >= 0.6 is 67.8 Å². The number of carbonyl (C=O) groups is 7. The van der Waals surface area contributed by atoms with Crippen LogP contribution in [0.3, 0.4) is 0 Å². The average molecular weight is 1600 g/mol. The van der Waals surface area contributed by atoms with Gasteiger partial charge in [0.2, 0.25) is 11.8 Å². The first kappa shape index (κ1) is 80.6. The first-order valence-electron chi connectivity index (χ1n) is 24.1. The summed E-state index contributed by atoms with van der Waals surface area (Å²) in [6, 6.07) is 1.88.